The molecular weight excluding hydrogens is 168 g/mol. The number of aliphatic hydroxyl groups excluding tert-OH is 1. The molecule has 4 heteroatoms. The van der Waals surface area contributed by atoms with Gasteiger partial charge in [0.15, 0.2) is 0 Å². The van der Waals surface area contributed by atoms with Crippen LogP contribution in [0.3, 0.4) is 0 Å². The molecular formula is C9H18N2O2. The molecule has 0 radical (unpaired) electrons. The van der Waals surface area contributed by atoms with Crippen LogP contribution in [-0.4, -0.2) is 17.6 Å². The van der Waals surface area contributed by atoms with Gasteiger partial charge in [0.05, 0.1) is 0 Å². The van der Waals surface area contributed by atoms with Gasteiger partial charge in [0, 0.05) is 12.5 Å². The fourth-order valence-electron chi connectivity index (χ4n) is 2.36. The maximum Gasteiger partial charge on any atom is 0.237 e. The van der Waals surface area contributed by atoms with Crippen molar-refractivity contribution in [2.45, 2.75) is 26.2 Å². The van der Waals surface area contributed by atoms with Gasteiger partial charge in [-0.05, 0) is 31.1 Å². The SMILES string of the molecule is CC1CC[C@H](CCO)[C@@H]1C(=O)NN. The third-order valence-corrected chi connectivity index (χ3v) is 3.06. The van der Waals surface area contributed by atoms with E-state index in [1.54, 1.807) is 0 Å². The van der Waals surface area contributed by atoms with Gasteiger partial charge in [0.1, 0.15) is 0 Å². The third kappa shape index (κ3) is 2.19. The van der Waals surface area contributed by atoms with Gasteiger partial charge in [-0.1, -0.05) is 6.92 Å². The van der Waals surface area contributed by atoms with Gasteiger partial charge in [-0.3, -0.25) is 10.2 Å². The second kappa shape index (κ2) is 4.58. The molecule has 1 aliphatic rings. The van der Waals surface area contributed by atoms with E-state index in [-0.39, 0.29) is 18.4 Å². The number of rotatable bonds is 3. The van der Waals surface area contributed by atoms with Gasteiger partial charge in [-0.15, -0.1) is 0 Å². The Morgan fingerprint density at radius 1 is 1.62 bits per heavy atom. The number of hydrogen-bond donors (Lipinski definition) is 3. The normalized spacial score (nSPS) is 33.3. The highest BCUT2D eigenvalue weighted by atomic mass is 16.3. The molecule has 0 heterocycles. The summed E-state index contributed by atoms with van der Waals surface area (Å²) in [6.07, 6.45) is 2.80. The average Bonchev–Trinajstić information content (AvgIpc) is 2.47. The highest BCUT2D eigenvalue weighted by Gasteiger charge is 2.37. The number of aliphatic hydroxyl groups is 1. The maximum atomic E-state index is 11.4. The summed E-state index contributed by atoms with van der Waals surface area (Å²) < 4.78 is 0. The molecule has 76 valence electrons. The zero-order chi connectivity index (χ0) is 9.84. The van der Waals surface area contributed by atoms with Crippen molar-refractivity contribution in [1.82, 2.24) is 5.43 Å². The molecule has 4 nitrogen and oxygen atoms in total. The lowest BCUT2D eigenvalue weighted by Gasteiger charge is -2.19. The summed E-state index contributed by atoms with van der Waals surface area (Å²) in [5.74, 6) is 5.73. The predicted octanol–water partition coefficient (Wildman–Crippen LogP) is 0.0210. The molecule has 1 aliphatic carbocycles. The number of nitrogens with one attached hydrogen (secondary N) is 1. The Balaban J connectivity index is 2.59. The zero-order valence-electron chi connectivity index (χ0n) is 7.99. The van der Waals surface area contributed by atoms with Crippen molar-refractivity contribution in [2.75, 3.05) is 6.61 Å². The van der Waals surface area contributed by atoms with Gasteiger partial charge in [0.25, 0.3) is 0 Å². The molecule has 1 saturated carbocycles. The Morgan fingerprint density at radius 3 is 2.85 bits per heavy atom. The lowest BCUT2D eigenvalue weighted by atomic mass is 9.88. The monoisotopic (exact) mass is 186 g/mol. The van der Waals surface area contributed by atoms with E-state index in [0.717, 1.165) is 12.8 Å². The standard InChI is InChI=1S/C9H18N2O2/c1-6-2-3-7(4-5-12)8(6)9(13)11-10/h6-8,12H,2-5,10H2,1H3,(H,11,13)/t6?,7-,8-/m1/s1. The van der Waals surface area contributed by atoms with Crippen LogP contribution in [0.4, 0.5) is 0 Å². The summed E-state index contributed by atoms with van der Waals surface area (Å²) in [5, 5.41) is 8.82. The minimum absolute atomic E-state index is 0.00264. The van der Waals surface area contributed by atoms with E-state index in [9.17, 15) is 4.79 Å². The van der Waals surface area contributed by atoms with Crippen LogP contribution in [0.25, 0.3) is 0 Å². The largest absolute Gasteiger partial charge is 0.396 e. The van der Waals surface area contributed by atoms with Crippen molar-refractivity contribution in [3.63, 3.8) is 0 Å². The molecule has 0 saturated heterocycles. The molecule has 0 aromatic carbocycles. The first-order chi connectivity index (χ1) is 6.20. The molecule has 0 aromatic heterocycles. The summed E-state index contributed by atoms with van der Waals surface area (Å²) in [7, 11) is 0. The quantitative estimate of drug-likeness (QED) is 0.330. The van der Waals surface area contributed by atoms with Crippen LogP contribution in [0.1, 0.15) is 26.2 Å². The predicted molar refractivity (Wildman–Crippen MR) is 49.4 cm³/mol. The fourth-order valence-corrected chi connectivity index (χ4v) is 2.36. The van der Waals surface area contributed by atoms with Crippen LogP contribution in [0.2, 0.25) is 0 Å². The van der Waals surface area contributed by atoms with Crippen LogP contribution in [0, 0.1) is 17.8 Å². The number of carbonyl (C=O) groups is 1. The minimum Gasteiger partial charge on any atom is -0.396 e. The molecule has 0 bridgehead atoms. The van der Waals surface area contributed by atoms with Gasteiger partial charge >= 0.3 is 0 Å². The van der Waals surface area contributed by atoms with E-state index in [1.807, 2.05) is 0 Å². The highest BCUT2D eigenvalue weighted by molar-refractivity contribution is 5.78. The number of hydrazine groups is 1. The maximum absolute atomic E-state index is 11.4. The summed E-state index contributed by atoms with van der Waals surface area (Å²) in [5.41, 5.74) is 2.21. The first-order valence-electron chi connectivity index (χ1n) is 4.82. The van der Waals surface area contributed by atoms with Crippen molar-refractivity contribution in [1.29, 1.82) is 0 Å². The molecule has 3 atom stereocenters. The van der Waals surface area contributed by atoms with Crippen molar-refractivity contribution < 1.29 is 9.90 Å². The van der Waals surface area contributed by atoms with E-state index in [2.05, 4.69) is 12.3 Å². The Labute approximate surface area is 78.5 Å². The Hall–Kier alpha value is -0.610. The van der Waals surface area contributed by atoms with Crippen molar-refractivity contribution in [3.8, 4) is 0 Å². The molecule has 1 fully saturated rings. The molecule has 0 spiro atoms. The lowest BCUT2D eigenvalue weighted by molar-refractivity contribution is -0.127. The van der Waals surface area contributed by atoms with Gasteiger partial charge in [0.2, 0.25) is 5.91 Å². The molecule has 0 aliphatic heterocycles. The molecule has 1 unspecified atom stereocenters. The van der Waals surface area contributed by atoms with Crippen molar-refractivity contribution in [2.24, 2.45) is 23.6 Å². The molecule has 0 aromatic rings. The first kappa shape index (κ1) is 10.5. The number of carbonyl (C=O) groups excluding carboxylic acids is 1. The molecule has 1 amide bonds. The van der Waals surface area contributed by atoms with Gasteiger partial charge in [-0.2, -0.15) is 0 Å². The van der Waals surface area contributed by atoms with Crippen molar-refractivity contribution >= 4 is 5.91 Å². The Bertz CT molecular complexity index is 182. The van der Waals surface area contributed by atoms with E-state index < -0.39 is 0 Å². The highest BCUT2D eigenvalue weighted by Crippen LogP contribution is 2.38. The summed E-state index contributed by atoms with van der Waals surface area (Å²) in [6, 6.07) is 0. The van der Waals surface area contributed by atoms with E-state index in [0.29, 0.717) is 18.3 Å². The molecule has 1 rings (SSSR count). The summed E-state index contributed by atoms with van der Waals surface area (Å²) >= 11 is 0. The van der Waals surface area contributed by atoms with Gasteiger partial charge in [-0.25, -0.2) is 5.84 Å². The summed E-state index contributed by atoms with van der Waals surface area (Å²) in [4.78, 5) is 11.4. The van der Waals surface area contributed by atoms with E-state index in [1.165, 1.54) is 0 Å². The average molecular weight is 186 g/mol. The Kier molecular flexibility index (Phi) is 3.69. The third-order valence-electron chi connectivity index (χ3n) is 3.06. The van der Waals surface area contributed by atoms with Crippen LogP contribution in [-0.2, 0) is 4.79 Å². The smallest absolute Gasteiger partial charge is 0.237 e. The topological polar surface area (TPSA) is 75.3 Å². The lowest BCUT2D eigenvalue weighted by Crippen LogP contribution is -2.39. The number of hydrogen-bond acceptors (Lipinski definition) is 3. The second-order valence-electron chi connectivity index (χ2n) is 3.86. The first-order valence-corrected chi connectivity index (χ1v) is 4.82. The molecule has 13 heavy (non-hydrogen) atoms. The molecule has 4 N–H and O–H groups in total. The van der Waals surface area contributed by atoms with Gasteiger partial charge < -0.3 is 5.11 Å². The van der Waals surface area contributed by atoms with Crippen LogP contribution >= 0.6 is 0 Å². The number of amides is 1. The fraction of sp³-hybridized carbons (Fsp3) is 0.889. The number of nitrogens with two attached hydrogens (primary N) is 1. The van der Waals surface area contributed by atoms with Crippen LogP contribution in [0.15, 0.2) is 0 Å². The second-order valence-corrected chi connectivity index (χ2v) is 3.86. The van der Waals surface area contributed by atoms with Crippen LogP contribution < -0.4 is 11.3 Å². The Morgan fingerprint density at radius 2 is 2.31 bits per heavy atom. The minimum atomic E-state index is -0.0801. The summed E-state index contributed by atoms with van der Waals surface area (Å²) in [6.45, 7) is 2.23. The van der Waals surface area contributed by atoms with E-state index >= 15 is 0 Å². The van der Waals surface area contributed by atoms with Crippen LogP contribution in [0.5, 0.6) is 0 Å². The van der Waals surface area contributed by atoms with Crippen molar-refractivity contribution in [3.05, 3.63) is 0 Å². The van der Waals surface area contributed by atoms with E-state index in [4.69, 9.17) is 10.9 Å². The zero-order valence-corrected chi connectivity index (χ0v) is 7.99.